The second kappa shape index (κ2) is 7.98. The molecular formula is C13H20N2O4S. The molecule has 1 aromatic carbocycles. The molecule has 2 N–H and O–H groups in total. The molecule has 1 aromatic rings. The van der Waals surface area contributed by atoms with Crippen LogP contribution in [0.1, 0.15) is 23.7 Å². The lowest BCUT2D eigenvalue weighted by molar-refractivity contribution is 0.0937. The van der Waals surface area contributed by atoms with Crippen molar-refractivity contribution in [3.63, 3.8) is 0 Å². The Morgan fingerprint density at radius 1 is 1.20 bits per heavy atom. The van der Waals surface area contributed by atoms with Gasteiger partial charge in [-0.3, -0.25) is 4.79 Å². The lowest BCUT2D eigenvalue weighted by atomic mass is 10.2. The van der Waals surface area contributed by atoms with Gasteiger partial charge in [0.1, 0.15) is 0 Å². The van der Waals surface area contributed by atoms with Crippen LogP contribution in [0.3, 0.4) is 0 Å². The Labute approximate surface area is 119 Å². The van der Waals surface area contributed by atoms with Crippen molar-refractivity contribution in [2.24, 2.45) is 0 Å². The molecule has 0 bridgehead atoms. The average molecular weight is 300 g/mol. The van der Waals surface area contributed by atoms with Gasteiger partial charge < -0.3 is 10.1 Å². The fourth-order valence-corrected chi connectivity index (χ4v) is 2.61. The van der Waals surface area contributed by atoms with Crippen LogP contribution < -0.4 is 10.0 Å². The lowest BCUT2D eigenvalue weighted by Gasteiger charge is -2.07. The van der Waals surface area contributed by atoms with E-state index in [-0.39, 0.29) is 10.8 Å². The van der Waals surface area contributed by atoms with Gasteiger partial charge in [0.05, 0.1) is 11.5 Å². The van der Waals surface area contributed by atoms with Crippen molar-refractivity contribution in [3.8, 4) is 0 Å². The standard InChI is InChI=1S/C13H20N2O4S/c1-3-8-15-20(17,18)12-6-4-11(5-7-12)13(16)14-9-10-19-2/h4-7,15H,3,8-10H2,1-2H3,(H,14,16). The maximum atomic E-state index is 11.9. The molecule has 0 aliphatic carbocycles. The van der Waals surface area contributed by atoms with Crippen molar-refractivity contribution in [1.82, 2.24) is 10.0 Å². The second-order valence-electron chi connectivity index (χ2n) is 4.17. The van der Waals surface area contributed by atoms with E-state index in [1.165, 1.54) is 24.3 Å². The van der Waals surface area contributed by atoms with Crippen molar-refractivity contribution >= 4 is 15.9 Å². The molecule has 0 unspecified atom stereocenters. The van der Waals surface area contributed by atoms with E-state index in [1.807, 2.05) is 6.92 Å². The Morgan fingerprint density at radius 2 is 1.85 bits per heavy atom. The molecule has 112 valence electrons. The SMILES string of the molecule is CCCNS(=O)(=O)c1ccc(C(=O)NCCOC)cc1. The topological polar surface area (TPSA) is 84.5 Å². The molecule has 0 aromatic heterocycles. The van der Waals surface area contributed by atoms with Crippen LogP contribution in [-0.4, -0.2) is 41.1 Å². The number of benzene rings is 1. The van der Waals surface area contributed by atoms with Crippen LogP contribution >= 0.6 is 0 Å². The fourth-order valence-electron chi connectivity index (χ4n) is 1.47. The summed E-state index contributed by atoms with van der Waals surface area (Å²) in [6.07, 6.45) is 0.721. The Hall–Kier alpha value is -1.44. The lowest BCUT2D eigenvalue weighted by Crippen LogP contribution is -2.27. The summed E-state index contributed by atoms with van der Waals surface area (Å²) in [5.74, 6) is -0.257. The molecule has 1 amide bonds. The number of rotatable bonds is 8. The van der Waals surface area contributed by atoms with E-state index >= 15 is 0 Å². The summed E-state index contributed by atoms with van der Waals surface area (Å²) in [5, 5.41) is 2.66. The van der Waals surface area contributed by atoms with Gasteiger partial charge in [0.2, 0.25) is 10.0 Å². The highest BCUT2D eigenvalue weighted by Gasteiger charge is 2.13. The second-order valence-corrected chi connectivity index (χ2v) is 5.94. The number of ether oxygens (including phenoxy) is 1. The molecule has 7 heteroatoms. The largest absolute Gasteiger partial charge is 0.383 e. The first-order valence-electron chi connectivity index (χ1n) is 6.38. The zero-order valence-electron chi connectivity index (χ0n) is 11.7. The number of amides is 1. The summed E-state index contributed by atoms with van der Waals surface area (Å²) in [6.45, 7) is 3.12. The highest BCUT2D eigenvalue weighted by molar-refractivity contribution is 7.89. The van der Waals surface area contributed by atoms with Crippen molar-refractivity contribution in [2.75, 3.05) is 26.8 Å². The molecule has 1 rings (SSSR count). The molecule has 0 aliphatic rings. The van der Waals surface area contributed by atoms with Crippen LogP contribution in [0, 0.1) is 0 Å². The fraction of sp³-hybridized carbons (Fsp3) is 0.462. The molecule has 0 saturated heterocycles. The molecule has 0 atom stereocenters. The van der Waals surface area contributed by atoms with Gasteiger partial charge in [0.15, 0.2) is 0 Å². The monoisotopic (exact) mass is 300 g/mol. The molecule has 6 nitrogen and oxygen atoms in total. The van der Waals surface area contributed by atoms with E-state index in [0.29, 0.717) is 25.3 Å². The first-order valence-corrected chi connectivity index (χ1v) is 7.86. The Bertz CT molecular complexity index is 526. The molecule has 20 heavy (non-hydrogen) atoms. The van der Waals surface area contributed by atoms with Gasteiger partial charge in [-0.05, 0) is 30.7 Å². The minimum atomic E-state index is -3.49. The van der Waals surface area contributed by atoms with E-state index in [1.54, 1.807) is 7.11 Å². The van der Waals surface area contributed by atoms with Crippen LogP contribution in [0.4, 0.5) is 0 Å². The number of methoxy groups -OCH3 is 1. The third-order valence-electron chi connectivity index (χ3n) is 2.56. The van der Waals surface area contributed by atoms with Crippen molar-refractivity contribution in [1.29, 1.82) is 0 Å². The quantitative estimate of drug-likeness (QED) is 0.694. The average Bonchev–Trinajstić information content (AvgIpc) is 2.45. The van der Waals surface area contributed by atoms with Crippen molar-refractivity contribution in [3.05, 3.63) is 29.8 Å². The molecule has 0 spiro atoms. The van der Waals surface area contributed by atoms with Gasteiger partial charge in [-0.25, -0.2) is 13.1 Å². The van der Waals surface area contributed by atoms with E-state index in [0.717, 1.165) is 6.42 Å². The van der Waals surface area contributed by atoms with Crippen LogP contribution in [-0.2, 0) is 14.8 Å². The molecular weight excluding hydrogens is 280 g/mol. The highest BCUT2D eigenvalue weighted by atomic mass is 32.2. The van der Waals surface area contributed by atoms with Crippen LogP contribution in [0.2, 0.25) is 0 Å². The minimum absolute atomic E-state index is 0.152. The van der Waals surface area contributed by atoms with E-state index in [4.69, 9.17) is 4.74 Å². The number of sulfonamides is 1. The smallest absolute Gasteiger partial charge is 0.251 e. The molecule has 0 heterocycles. The summed E-state index contributed by atoms with van der Waals surface area (Å²) in [4.78, 5) is 11.9. The summed E-state index contributed by atoms with van der Waals surface area (Å²) >= 11 is 0. The number of carbonyl (C=O) groups is 1. The van der Waals surface area contributed by atoms with E-state index in [2.05, 4.69) is 10.0 Å². The van der Waals surface area contributed by atoms with Gasteiger partial charge in [0.25, 0.3) is 5.91 Å². The summed E-state index contributed by atoms with van der Waals surface area (Å²) in [7, 11) is -1.94. The van der Waals surface area contributed by atoms with Gasteiger partial charge in [0, 0.05) is 25.8 Å². The predicted octanol–water partition coefficient (Wildman–Crippen LogP) is 0.751. The van der Waals surface area contributed by atoms with Crippen molar-refractivity contribution < 1.29 is 17.9 Å². The zero-order chi connectivity index (χ0) is 15.0. The predicted molar refractivity (Wildman–Crippen MR) is 76.1 cm³/mol. The summed E-state index contributed by atoms with van der Waals surface area (Å²) in [5.41, 5.74) is 0.413. The molecule has 0 saturated carbocycles. The normalized spacial score (nSPS) is 11.3. The Morgan fingerprint density at radius 3 is 2.40 bits per heavy atom. The number of carbonyl (C=O) groups excluding carboxylic acids is 1. The molecule has 0 radical (unpaired) electrons. The maximum absolute atomic E-state index is 11.9. The maximum Gasteiger partial charge on any atom is 0.251 e. The summed E-state index contributed by atoms with van der Waals surface area (Å²) in [6, 6.07) is 5.82. The summed E-state index contributed by atoms with van der Waals surface area (Å²) < 4.78 is 31.0. The third-order valence-corrected chi connectivity index (χ3v) is 4.04. The zero-order valence-corrected chi connectivity index (χ0v) is 12.5. The number of hydrogen-bond acceptors (Lipinski definition) is 4. The van der Waals surface area contributed by atoms with Crippen LogP contribution in [0.25, 0.3) is 0 Å². The van der Waals surface area contributed by atoms with E-state index in [9.17, 15) is 13.2 Å². The van der Waals surface area contributed by atoms with Crippen LogP contribution in [0.15, 0.2) is 29.2 Å². The number of hydrogen-bond donors (Lipinski definition) is 2. The van der Waals surface area contributed by atoms with Gasteiger partial charge in [-0.2, -0.15) is 0 Å². The van der Waals surface area contributed by atoms with Gasteiger partial charge >= 0.3 is 0 Å². The third kappa shape index (κ3) is 4.92. The van der Waals surface area contributed by atoms with Crippen molar-refractivity contribution in [2.45, 2.75) is 18.2 Å². The Kier molecular flexibility index (Phi) is 6.63. The van der Waals surface area contributed by atoms with Crippen LogP contribution in [0.5, 0.6) is 0 Å². The minimum Gasteiger partial charge on any atom is -0.383 e. The van der Waals surface area contributed by atoms with Gasteiger partial charge in [-0.15, -0.1) is 0 Å². The van der Waals surface area contributed by atoms with Gasteiger partial charge in [-0.1, -0.05) is 6.92 Å². The first-order chi connectivity index (χ1) is 9.51. The Balaban J connectivity index is 2.71. The number of nitrogens with one attached hydrogen (secondary N) is 2. The van der Waals surface area contributed by atoms with E-state index < -0.39 is 10.0 Å². The first kappa shape index (κ1) is 16.6. The molecule has 0 fully saturated rings. The molecule has 0 aliphatic heterocycles. The highest BCUT2D eigenvalue weighted by Crippen LogP contribution is 2.10.